The van der Waals surface area contributed by atoms with Gasteiger partial charge in [0.05, 0.1) is 6.10 Å². The van der Waals surface area contributed by atoms with Crippen molar-refractivity contribution < 1.29 is 13.9 Å². The first-order valence-corrected chi connectivity index (χ1v) is 17.9. The van der Waals surface area contributed by atoms with Gasteiger partial charge in [-0.25, -0.2) is 4.39 Å². The summed E-state index contributed by atoms with van der Waals surface area (Å²) in [6.45, 7) is 36.7. The number of carbonyl (C=O) groups is 1. The van der Waals surface area contributed by atoms with Gasteiger partial charge in [-0.2, -0.15) is 0 Å². The summed E-state index contributed by atoms with van der Waals surface area (Å²) in [5.41, 5.74) is 7.76. The number of benzene rings is 2. The predicted octanol–water partition coefficient (Wildman–Crippen LogP) is 14.7. The Morgan fingerprint density at radius 3 is 1.92 bits per heavy atom. The predicted molar refractivity (Wildman–Crippen MR) is 225 cm³/mol. The summed E-state index contributed by atoms with van der Waals surface area (Å²) in [6, 6.07) is 10.4. The highest BCUT2D eigenvalue weighted by atomic mass is 19.1. The Morgan fingerprint density at radius 2 is 1.48 bits per heavy atom. The second kappa shape index (κ2) is 36.0. The van der Waals surface area contributed by atoms with Gasteiger partial charge in [-0.3, -0.25) is 4.79 Å². The smallest absolute Gasteiger partial charge is 0.150 e. The van der Waals surface area contributed by atoms with Gasteiger partial charge in [-0.1, -0.05) is 141 Å². The van der Waals surface area contributed by atoms with Crippen LogP contribution in [0, 0.1) is 25.6 Å². The highest BCUT2D eigenvalue weighted by Crippen LogP contribution is 2.30. The minimum absolute atomic E-state index is 0.142. The quantitative estimate of drug-likeness (QED) is 0.112. The van der Waals surface area contributed by atoms with E-state index in [4.69, 9.17) is 4.74 Å². The van der Waals surface area contributed by atoms with E-state index in [1.165, 1.54) is 30.1 Å². The molecule has 1 atom stereocenters. The molecule has 3 heteroatoms. The lowest BCUT2D eigenvalue weighted by Gasteiger charge is -2.20. The van der Waals surface area contributed by atoms with E-state index >= 15 is 0 Å². The summed E-state index contributed by atoms with van der Waals surface area (Å²) in [5, 5.41) is 0. The number of hydrogen-bond donors (Lipinski definition) is 0. The van der Waals surface area contributed by atoms with E-state index < -0.39 is 0 Å². The maximum atomic E-state index is 14.5. The molecule has 50 heavy (non-hydrogen) atoms. The number of allylic oxidation sites excluding steroid dienone is 9. The van der Waals surface area contributed by atoms with Crippen LogP contribution in [0.3, 0.4) is 0 Å². The van der Waals surface area contributed by atoms with E-state index in [9.17, 15) is 9.18 Å². The summed E-state index contributed by atoms with van der Waals surface area (Å²) in [6.07, 6.45) is 26.5. The van der Waals surface area contributed by atoms with Crippen molar-refractivity contribution in [2.75, 3.05) is 6.61 Å². The second-order valence-electron chi connectivity index (χ2n) is 10.8. The van der Waals surface area contributed by atoms with E-state index in [0.717, 1.165) is 35.0 Å². The maximum Gasteiger partial charge on any atom is 0.150 e. The van der Waals surface area contributed by atoms with Crippen LogP contribution in [0.15, 0.2) is 115 Å². The fourth-order valence-electron chi connectivity index (χ4n) is 3.82. The van der Waals surface area contributed by atoms with Gasteiger partial charge in [0.2, 0.25) is 0 Å². The van der Waals surface area contributed by atoms with Crippen LogP contribution in [0.2, 0.25) is 0 Å². The third-order valence-electron chi connectivity index (χ3n) is 6.65. The zero-order valence-electron chi connectivity index (χ0n) is 33.7. The molecule has 0 saturated carbocycles. The number of hydrogen-bond acceptors (Lipinski definition) is 2. The number of ether oxygens (including phenoxy) is 1. The zero-order chi connectivity index (χ0) is 39.5. The first-order chi connectivity index (χ1) is 24.0. The number of unbranched alkanes of at least 4 members (excludes halogenated alkanes) is 1. The fraction of sp³-hybridized carbons (Fsp3) is 0.383. The van der Waals surface area contributed by atoms with Gasteiger partial charge in [0.15, 0.2) is 0 Å². The molecule has 0 heterocycles. The van der Waals surface area contributed by atoms with Gasteiger partial charge in [0.25, 0.3) is 0 Å². The lowest BCUT2D eigenvalue weighted by molar-refractivity contribution is 0.0920. The lowest BCUT2D eigenvalue weighted by atomic mass is 9.92. The molecule has 0 saturated heterocycles. The second-order valence-corrected chi connectivity index (χ2v) is 10.8. The number of halogens is 1. The molecule has 0 N–H and O–H groups in total. The van der Waals surface area contributed by atoms with Crippen LogP contribution >= 0.6 is 0 Å². The van der Waals surface area contributed by atoms with Crippen LogP contribution in [0.4, 0.5) is 4.39 Å². The van der Waals surface area contributed by atoms with Crippen molar-refractivity contribution in [1.82, 2.24) is 0 Å². The number of rotatable bonds is 14. The molecule has 2 rings (SSSR count). The van der Waals surface area contributed by atoms with Crippen molar-refractivity contribution in [3.8, 4) is 24.0 Å². The topological polar surface area (TPSA) is 26.3 Å². The molecule has 2 aromatic rings. The number of carbonyl (C=O) groups excluding carboxylic acids is 1. The van der Waals surface area contributed by atoms with E-state index in [-0.39, 0.29) is 11.9 Å². The first-order valence-electron chi connectivity index (χ1n) is 17.9. The maximum absolute atomic E-state index is 14.5. The average Bonchev–Trinajstić information content (AvgIpc) is 3.14. The van der Waals surface area contributed by atoms with Crippen LogP contribution in [0.25, 0.3) is 16.7 Å². The van der Waals surface area contributed by atoms with E-state index in [0.29, 0.717) is 29.7 Å². The highest BCUT2D eigenvalue weighted by Gasteiger charge is 2.15. The molecule has 0 aromatic heterocycles. The van der Waals surface area contributed by atoms with Crippen molar-refractivity contribution in [3.63, 3.8) is 0 Å². The van der Waals surface area contributed by atoms with Crippen molar-refractivity contribution in [2.24, 2.45) is 0 Å². The molecule has 0 aliphatic heterocycles. The molecular formula is C47H69FO2. The van der Waals surface area contributed by atoms with Gasteiger partial charge in [0.1, 0.15) is 12.1 Å². The van der Waals surface area contributed by atoms with Crippen molar-refractivity contribution in [1.29, 1.82) is 0 Å². The third kappa shape index (κ3) is 24.8. The zero-order valence-corrected chi connectivity index (χ0v) is 33.7. The molecule has 0 fully saturated rings. The minimum Gasteiger partial charge on any atom is -0.374 e. The molecule has 0 radical (unpaired) electrons. The van der Waals surface area contributed by atoms with Crippen LogP contribution in [0.5, 0.6) is 0 Å². The number of aldehydes is 1. The highest BCUT2D eigenvalue weighted by molar-refractivity contribution is 5.83. The summed E-state index contributed by atoms with van der Waals surface area (Å²) in [4.78, 5) is 11.5. The van der Waals surface area contributed by atoms with Crippen molar-refractivity contribution in [2.45, 2.75) is 115 Å². The summed E-state index contributed by atoms with van der Waals surface area (Å²) in [7, 11) is 0. The largest absolute Gasteiger partial charge is 0.374 e. The molecule has 0 aliphatic rings. The Hall–Kier alpha value is -4.26. The average molecular weight is 685 g/mol. The fourth-order valence-corrected chi connectivity index (χ4v) is 3.82. The third-order valence-corrected chi connectivity index (χ3v) is 6.65. The molecule has 1 unspecified atom stereocenters. The van der Waals surface area contributed by atoms with E-state index in [2.05, 4.69) is 79.4 Å². The van der Waals surface area contributed by atoms with Gasteiger partial charge >= 0.3 is 0 Å². The molecule has 0 bridgehead atoms. The van der Waals surface area contributed by atoms with Crippen LogP contribution in [0.1, 0.15) is 123 Å². The molecule has 0 spiro atoms. The van der Waals surface area contributed by atoms with Crippen LogP contribution in [-0.4, -0.2) is 19.0 Å². The summed E-state index contributed by atoms with van der Waals surface area (Å²) < 4.78 is 20.4. The van der Waals surface area contributed by atoms with Gasteiger partial charge in [-0.05, 0) is 98.7 Å². The molecule has 2 nitrogen and oxygen atoms in total. The number of terminal acetylenes is 1. The Kier molecular flexibility index (Phi) is 37.9. The Labute approximate surface area is 308 Å². The SMILES string of the molecule is C#C.C=C/C(=C\C=C(C)C)CC.C=C/C=C\C=C(/C)C(CC(=C)c1cc(C=O)cc(-c2ccc(C)cc2F)c1)OCC.CC.CC.CCCC. The monoisotopic (exact) mass is 685 g/mol. The van der Waals surface area contributed by atoms with Gasteiger partial charge < -0.3 is 4.74 Å². The molecule has 0 aliphatic carbocycles. The van der Waals surface area contributed by atoms with Gasteiger partial charge in [0, 0.05) is 24.2 Å². The van der Waals surface area contributed by atoms with Crippen molar-refractivity contribution >= 4 is 11.9 Å². The molecule has 0 amide bonds. The molecular weight excluding hydrogens is 616 g/mol. The standard InChI is InChI=1S/C27H29FO2.C10H16.C4H10.2C2H6.C2H2/c1-6-8-9-10-20(4)27(30-7-2)14-21(5)23-15-22(18-29)16-24(17-23)25-12-11-19(3)13-26(25)28;1-5-10(6-2)8-7-9(3)4;1-3-4-2;3*1-2/h6,8-13,15-18,27H,1,5,7,14H2,2-4H3;5,7-8H,1,6H2,2-4H3;3-4H2,1-2H3;2*1-2H3;1-2H/b9-8-,20-10+;10-8+;;;;. The van der Waals surface area contributed by atoms with Crippen LogP contribution in [-0.2, 0) is 4.74 Å². The Balaban J connectivity index is -0.000000438. The summed E-state index contributed by atoms with van der Waals surface area (Å²) in [5.74, 6) is -0.311. The molecule has 276 valence electrons. The Bertz CT molecular complexity index is 1360. The molecule has 2 aromatic carbocycles. The van der Waals surface area contributed by atoms with Crippen molar-refractivity contribution in [3.05, 3.63) is 138 Å². The van der Waals surface area contributed by atoms with Crippen LogP contribution < -0.4 is 0 Å². The normalized spacial score (nSPS) is 10.7. The lowest BCUT2D eigenvalue weighted by Crippen LogP contribution is -2.15. The first kappa shape index (κ1) is 52.6. The van der Waals surface area contributed by atoms with E-state index in [1.54, 1.807) is 24.3 Å². The van der Waals surface area contributed by atoms with Gasteiger partial charge in [-0.15, -0.1) is 12.8 Å². The van der Waals surface area contributed by atoms with E-state index in [1.807, 2.05) is 84.9 Å². The minimum atomic E-state index is -0.311. The summed E-state index contributed by atoms with van der Waals surface area (Å²) >= 11 is 0. The Morgan fingerprint density at radius 1 is 0.880 bits per heavy atom. The number of aryl methyl sites for hydroxylation is 1.